The highest BCUT2D eigenvalue weighted by atomic mass is 32.1. The highest BCUT2D eigenvalue weighted by molar-refractivity contribution is 7.14. The van der Waals surface area contributed by atoms with Crippen molar-refractivity contribution in [3.8, 4) is 28.5 Å². The predicted octanol–water partition coefficient (Wildman–Crippen LogP) is 6.44. The number of aromatic nitrogens is 1. The monoisotopic (exact) mass is 466 g/mol. The molecule has 1 heterocycles. The predicted molar refractivity (Wildman–Crippen MR) is 134 cm³/mol. The molecule has 0 unspecified atom stereocenters. The average Bonchev–Trinajstić information content (AvgIpc) is 3.31. The fraction of sp³-hybridized carbons (Fsp3) is 0.308. The van der Waals surface area contributed by atoms with Gasteiger partial charge in [-0.3, -0.25) is 10.1 Å². The lowest BCUT2D eigenvalue weighted by Gasteiger charge is -2.11. The van der Waals surface area contributed by atoms with Crippen LogP contribution in [0, 0.1) is 0 Å². The van der Waals surface area contributed by atoms with Crippen LogP contribution in [0.25, 0.3) is 17.3 Å². The molecule has 174 valence electrons. The first-order chi connectivity index (χ1) is 16.1. The van der Waals surface area contributed by atoms with Gasteiger partial charge in [0.25, 0.3) is 0 Å². The molecule has 2 aromatic carbocycles. The van der Waals surface area contributed by atoms with Gasteiger partial charge in [-0.25, -0.2) is 4.98 Å². The minimum Gasteiger partial charge on any atom is -0.497 e. The Morgan fingerprint density at radius 1 is 1.06 bits per heavy atom. The van der Waals surface area contributed by atoms with E-state index >= 15 is 0 Å². The van der Waals surface area contributed by atoms with E-state index in [2.05, 4.69) is 17.2 Å². The molecular formula is C26H30N2O4S. The van der Waals surface area contributed by atoms with E-state index in [1.807, 2.05) is 47.8 Å². The number of ether oxygens (including phenoxy) is 3. The lowest BCUT2D eigenvalue weighted by molar-refractivity contribution is -0.111. The van der Waals surface area contributed by atoms with Crippen LogP contribution in [0.2, 0.25) is 0 Å². The molecule has 7 heteroatoms. The van der Waals surface area contributed by atoms with E-state index in [4.69, 9.17) is 14.2 Å². The number of hydrogen-bond donors (Lipinski definition) is 1. The largest absolute Gasteiger partial charge is 0.497 e. The normalized spacial score (nSPS) is 10.9. The first-order valence-corrected chi connectivity index (χ1v) is 11.9. The number of unbranched alkanes of at least 4 members (excludes halogenated alkanes) is 3. The van der Waals surface area contributed by atoms with Crippen molar-refractivity contribution < 1.29 is 19.0 Å². The minimum atomic E-state index is -0.253. The van der Waals surface area contributed by atoms with Crippen molar-refractivity contribution in [1.29, 1.82) is 0 Å². The third kappa shape index (κ3) is 7.36. The van der Waals surface area contributed by atoms with Gasteiger partial charge in [0.2, 0.25) is 5.91 Å². The molecule has 33 heavy (non-hydrogen) atoms. The van der Waals surface area contributed by atoms with Gasteiger partial charge in [0.15, 0.2) is 16.6 Å². The highest BCUT2D eigenvalue weighted by Gasteiger charge is 2.08. The number of benzene rings is 2. The summed E-state index contributed by atoms with van der Waals surface area (Å²) in [7, 11) is 3.24. The number of carbonyl (C=O) groups is 1. The summed E-state index contributed by atoms with van der Waals surface area (Å²) in [6.07, 6.45) is 7.82. The van der Waals surface area contributed by atoms with Crippen molar-refractivity contribution in [3.63, 3.8) is 0 Å². The number of carbonyl (C=O) groups excluding carboxylic acids is 1. The number of nitrogens with zero attached hydrogens (tertiary/aromatic N) is 1. The zero-order chi connectivity index (χ0) is 23.5. The van der Waals surface area contributed by atoms with Gasteiger partial charge in [-0.15, -0.1) is 11.3 Å². The van der Waals surface area contributed by atoms with Gasteiger partial charge in [0.05, 0.1) is 26.5 Å². The maximum Gasteiger partial charge on any atom is 0.250 e. The minimum absolute atomic E-state index is 0.253. The van der Waals surface area contributed by atoms with Crippen molar-refractivity contribution in [3.05, 3.63) is 59.5 Å². The summed E-state index contributed by atoms with van der Waals surface area (Å²) in [5.41, 5.74) is 2.56. The van der Waals surface area contributed by atoms with Crippen LogP contribution in [-0.2, 0) is 4.79 Å². The van der Waals surface area contributed by atoms with Crippen molar-refractivity contribution in [2.24, 2.45) is 0 Å². The highest BCUT2D eigenvalue weighted by Crippen LogP contribution is 2.29. The summed E-state index contributed by atoms with van der Waals surface area (Å²) in [5, 5.41) is 5.25. The van der Waals surface area contributed by atoms with Gasteiger partial charge in [0.1, 0.15) is 5.75 Å². The molecule has 0 aliphatic rings. The molecular weight excluding hydrogens is 436 g/mol. The molecule has 0 fully saturated rings. The van der Waals surface area contributed by atoms with Crippen LogP contribution in [0.5, 0.6) is 17.2 Å². The molecule has 1 N–H and O–H groups in total. The van der Waals surface area contributed by atoms with E-state index in [-0.39, 0.29) is 5.91 Å². The van der Waals surface area contributed by atoms with E-state index in [0.29, 0.717) is 23.2 Å². The number of amides is 1. The zero-order valence-corrected chi connectivity index (χ0v) is 20.1. The Morgan fingerprint density at radius 3 is 2.73 bits per heavy atom. The maximum absolute atomic E-state index is 12.4. The molecule has 1 aromatic heterocycles. The second-order valence-electron chi connectivity index (χ2n) is 7.41. The quantitative estimate of drug-likeness (QED) is 0.246. The molecule has 3 aromatic rings. The Balaban J connectivity index is 1.57. The summed E-state index contributed by atoms with van der Waals surface area (Å²) < 4.78 is 16.6. The second kappa shape index (κ2) is 12.6. The Bertz CT molecular complexity index is 1080. The lowest BCUT2D eigenvalue weighted by Crippen LogP contribution is -2.07. The van der Waals surface area contributed by atoms with Gasteiger partial charge >= 0.3 is 0 Å². The smallest absolute Gasteiger partial charge is 0.250 e. The van der Waals surface area contributed by atoms with E-state index in [1.165, 1.54) is 30.3 Å². The van der Waals surface area contributed by atoms with Gasteiger partial charge in [0, 0.05) is 17.0 Å². The SMILES string of the molecule is CCCCCCOc1ccc(/C=C/C(=O)Nc2nc(-c3cccc(OC)c3)cs2)cc1OC. The van der Waals surface area contributed by atoms with Crippen molar-refractivity contribution >= 4 is 28.5 Å². The summed E-state index contributed by atoms with van der Waals surface area (Å²) in [4.78, 5) is 16.9. The number of thiazole rings is 1. The van der Waals surface area contributed by atoms with Crippen LogP contribution < -0.4 is 19.5 Å². The molecule has 0 saturated carbocycles. The molecule has 0 bridgehead atoms. The van der Waals surface area contributed by atoms with Crippen LogP contribution in [-0.4, -0.2) is 31.7 Å². The molecule has 0 radical (unpaired) electrons. The number of hydrogen-bond acceptors (Lipinski definition) is 6. The van der Waals surface area contributed by atoms with Crippen molar-refractivity contribution in [1.82, 2.24) is 4.98 Å². The number of anilines is 1. The van der Waals surface area contributed by atoms with Crippen LogP contribution >= 0.6 is 11.3 Å². The molecule has 3 rings (SSSR count). The van der Waals surface area contributed by atoms with E-state index in [9.17, 15) is 4.79 Å². The third-order valence-electron chi connectivity index (χ3n) is 4.97. The van der Waals surface area contributed by atoms with E-state index in [1.54, 1.807) is 20.3 Å². The fourth-order valence-corrected chi connectivity index (χ4v) is 3.91. The molecule has 0 atom stereocenters. The maximum atomic E-state index is 12.4. The zero-order valence-electron chi connectivity index (χ0n) is 19.3. The Morgan fingerprint density at radius 2 is 1.94 bits per heavy atom. The standard InChI is InChI=1S/C26H30N2O4S/c1-4-5-6-7-15-32-23-13-11-19(16-24(23)31-3)12-14-25(29)28-26-27-22(18-33-26)20-9-8-10-21(17-20)30-2/h8-14,16-18H,4-7,15H2,1-3H3,(H,27,28,29)/b14-12+. The molecule has 0 aliphatic heterocycles. The molecule has 6 nitrogen and oxygen atoms in total. The van der Waals surface area contributed by atoms with Gasteiger partial charge < -0.3 is 14.2 Å². The lowest BCUT2D eigenvalue weighted by atomic mass is 10.2. The number of methoxy groups -OCH3 is 2. The first-order valence-electron chi connectivity index (χ1n) is 11.0. The first kappa shape index (κ1) is 24.3. The average molecular weight is 467 g/mol. The van der Waals surface area contributed by atoms with E-state index < -0.39 is 0 Å². The van der Waals surface area contributed by atoms with Crippen LogP contribution in [0.3, 0.4) is 0 Å². The van der Waals surface area contributed by atoms with Crippen LogP contribution in [0.1, 0.15) is 38.2 Å². The number of rotatable bonds is 12. The fourth-order valence-electron chi connectivity index (χ4n) is 3.18. The third-order valence-corrected chi connectivity index (χ3v) is 5.73. The van der Waals surface area contributed by atoms with Crippen LogP contribution in [0.4, 0.5) is 5.13 Å². The molecule has 1 amide bonds. The second-order valence-corrected chi connectivity index (χ2v) is 8.27. The van der Waals surface area contributed by atoms with E-state index in [0.717, 1.165) is 35.4 Å². The molecule has 0 aliphatic carbocycles. The van der Waals surface area contributed by atoms with Gasteiger partial charge in [-0.05, 0) is 42.3 Å². The Hall–Kier alpha value is -3.32. The summed E-state index contributed by atoms with van der Waals surface area (Å²) in [6.45, 7) is 2.85. The summed E-state index contributed by atoms with van der Waals surface area (Å²) in [6, 6.07) is 13.3. The summed E-state index contributed by atoms with van der Waals surface area (Å²) in [5.74, 6) is 1.87. The summed E-state index contributed by atoms with van der Waals surface area (Å²) >= 11 is 1.37. The Kier molecular flexibility index (Phi) is 9.32. The van der Waals surface area contributed by atoms with Gasteiger partial charge in [-0.2, -0.15) is 0 Å². The van der Waals surface area contributed by atoms with Crippen molar-refractivity contribution in [2.45, 2.75) is 32.6 Å². The van der Waals surface area contributed by atoms with Crippen LogP contribution in [0.15, 0.2) is 53.9 Å². The molecule has 0 saturated heterocycles. The molecule has 0 spiro atoms. The van der Waals surface area contributed by atoms with Crippen molar-refractivity contribution in [2.75, 3.05) is 26.1 Å². The topological polar surface area (TPSA) is 69.7 Å². The Labute approximate surface area is 199 Å². The van der Waals surface area contributed by atoms with Gasteiger partial charge in [-0.1, -0.05) is 44.4 Å². The number of nitrogens with one attached hydrogen (secondary N) is 1.